The molecule has 0 aliphatic heterocycles. The molecule has 0 radical (unpaired) electrons. The number of carbonyl (C=O) groups is 2. The first kappa shape index (κ1) is 13.6. The Morgan fingerprint density at radius 3 is 2.72 bits per heavy atom. The second-order valence-electron chi connectivity index (χ2n) is 3.79. The SMILES string of the molecule is C#CCC(NC(=O)c1cc(C)ccc1O)C(=O)O. The highest BCUT2D eigenvalue weighted by Gasteiger charge is 2.21. The quantitative estimate of drug-likeness (QED) is 0.690. The molecule has 5 heteroatoms. The molecular formula is C13H13NO4. The van der Waals surface area contributed by atoms with Gasteiger partial charge < -0.3 is 15.5 Å². The number of aromatic hydroxyl groups is 1. The highest BCUT2D eigenvalue weighted by Crippen LogP contribution is 2.18. The Morgan fingerprint density at radius 1 is 1.50 bits per heavy atom. The summed E-state index contributed by atoms with van der Waals surface area (Å²) in [6.07, 6.45) is 4.90. The summed E-state index contributed by atoms with van der Waals surface area (Å²) in [7, 11) is 0. The molecule has 0 fully saturated rings. The molecule has 0 aromatic heterocycles. The van der Waals surface area contributed by atoms with Crippen LogP contribution in [-0.4, -0.2) is 28.1 Å². The summed E-state index contributed by atoms with van der Waals surface area (Å²) >= 11 is 0. The van der Waals surface area contributed by atoms with Crippen molar-refractivity contribution in [3.8, 4) is 18.1 Å². The zero-order valence-electron chi connectivity index (χ0n) is 9.80. The van der Waals surface area contributed by atoms with Crippen molar-refractivity contribution in [1.29, 1.82) is 0 Å². The van der Waals surface area contributed by atoms with Gasteiger partial charge in [-0.05, 0) is 19.1 Å². The molecule has 1 atom stereocenters. The number of carbonyl (C=O) groups excluding carboxylic acids is 1. The van der Waals surface area contributed by atoms with E-state index in [2.05, 4.69) is 11.2 Å². The van der Waals surface area contributed by atoms with Crippen molar-refractivity contribution in [1.82, 2.24) is 5.32 Å². The van der Waals surface area contributed by atoms with Crippen molar-refractivity contribution in [2.45, 2.75) is 19.4 Å². The predicted molar refractivity (Wildman–Crippen MR) is 65.2 cm³/mol. The second-order valence-corrected chi connectivity index (χ2v) is 3.79. The van der Waals surface area contributed by atoms with Gasteiger partial charge in [-0.3, -0.25) is 4.79 Å². The molecule has 0 spiro atoms. The van der Waals surface area contributed by atoms with Gasteiger partial charge in [-0.25, -0.2) is 4.79 Å². The van der Waals surface area contributed by atoms with Crippen LogP contribution < -0.4 is 5.32 Å². The lowest BCUT2D eigenvalue weighted by Crippen LogP contribution is -2.40. The fourth-order valence-corrected chi connectivity index (χ4v) is 1.39. The summed E-state index contributed by atoms with van der Waals surface area (Å²) in [5.74, 6) is 0.0862. The summed E-state index contributed by atoms with van der Waals surface area (Å²) in [6.45, 7) is 1.76. The molecule has 3 N–H and O–H groups in total. The van der Waals surface area contributed by atoms with E-state index >= 15 is 0 Å². The van der Waals surface area contributed by atoms with Crippen molar-refractivity contribution < 1.29 is 19.8 Å². The lowest BCUT2D eigenvalue weighted by molar-refractivity contribution is -0.139. The van der Waals surface area contributed by atoms with Gasteiger partial charge in [0.05, 0.1) is 5.56 Å². The fourth-order valence-electron chi connectivity index (χ4n) is 1.39. The topological polar surface area (TPSA) is 86.6 Å². The van der Waals surface area contributed by atoms with Gasteiger partial charge in [-0.1, -0.05) is 11.6 Å². The summed E-state index contributed by atoms with van der Waals surface area (Å²) in [5, 5.41) is 20.7. The molecule has 1 rings (SSSR count). The number of hydrogen-bond donors (Lipinski definition) is 3. The Hall–Kier alpha value is -2.48. The zero-order chi connectivity index (χ0) is 13.7. The number of carboxylic acid groups (broad SMARTS) is 1. The van der Waals surface area contributed by atoms with Crippen LogP contribution in [0.15, 0.2) is 18.2 Å². The largest absolute Gasteiger partial charge is 0.507 e. The molecule has 0 aliphatic carbocycles. The van der Waals surface area contributed by atoms with E-state index in [1.165, 1.54) is 12.1 Å². The van der Waals surface area contributed by atoms with Crippen molar-refractivity contribution in [3.63, 3.8) is 0 Å². The maximum absolute atomic E-state index is 11.8. The first-order valence-electron chi connectivity index (χ1n) is 5.22. The Morgan fingerprint density at radius 2 is 2.17 bits per heavy atom. The Labute approximate surface area is 104 Å². The van der Waals surface area contributed by atoms with E-state index in [1.54, 1.807) is 13.0 Å². The number of nitrogens with one attached hydrogen (secondary N) is 1. The number of amides is 1. The normalized spacial score (nSPS) is 11.3. The van der Waals surface area contributed by atoms with Crippen LogP contribution in [0.5, 0.6) is 5.75 Å². The number of aliphatic carboxylic acids is 1. The Bertz CT molecular complexity index is 516. The number of hydrogen-bond acceptors (Lipinski definition) is 3. The van der Waals surface area contributed by atoms with Crippen molar-refractivity contribution in [2.24, 2.45) is 0 Å². The molecule has 0 saturated heterocycles. The molecule has 18 heavy (non-hydrogen) atoms. The molecule has 0 aliphatic rings. The van der Waals surface area contributed by atoms with Crippen LogP contribution in [0.2, 0.25) is 0 Å². The standard InChI is InChI=1S/C13H13NO4/c1-3-4-10(13(17)18)14-12(16)9-7-8(2)5-6-11(9)15/h1,5-7,10,15H,4H2,2H3,(H,14,16)(H,17,18). The van der Waals surface area contributed by atoms with Gasteiger partial charge in [0, 0.05) is 6.42 Å². The Kier molecular flexibility index (Phi) is 4.33. The minimum absolute atomic E-state index is 0.0262. The van der Waals surface area contributed by atoms with E-state index in [9.17, 15) is 14.7 Å². The zero-order valence-corrected chi connectivity index (χ0v) is 9.80. The third kappa shape index (κ3) is 3.25. The van der Waals surface area contributed by atoms with Crippen LogP contribution in [-0.2, 0) is 4.79 Å². The summed E-state index contributed by atoms with van der Waals surface area (Å²) in [5.41, 5.74) is 0.806. The van der Waals surface area contributed by atoms with Crippen molar-refractivity contribution in [3.05, 3.63) is 29.3 Å². The average molecular weight is 247 g/mol. The van der Waals surface area contributed by atoms with E-state index in [-0.39, 0.29) is 17.7 Å². The van der Waals surface area contributed by atoms with Crippen LogP contribution in [0.3, 0.4) is 0 Å². The molecule has 5 nitrogen and oxygen atoms in total. The lowest BCUT2D eigenvalue weighted by atomic mass is 10.1. The number of benzene rings is 1. The van der Waals surface area contributed by atoms with E-state index < -0.39 is 17.9 Å². The van der Waals surface area contributed by atoms with Gasteiger partial charge in [0.2, 0.25) is 0 Å². The van der Waals surface area contributed by atoms with Crippen LogP contribution in [0, 0.1) is 19.3 Å². The predicted octanol–water partition coefficient (Wildman–Crippen LogP) is 0.907. The summed E-state index contributed by atoms with van der Waals surface area (Å²) < 4.78 is 0. The number of terminal acetylenes is 1. The first-order chi connectivity index (χ1) is 8.45. The van der Waals surface area contributed by atoms with Crippen LogP contribution in [0.1, 0.15) is 22.3 Å². The molecule has 94 valence electrons. The molecule has 0 saturated carbocycles. The van der Waals surface area contributed by atoms with E-state index in [0.717, 1.165) is 5.56 Å². The number of phenols is 1. The third-order valence-electron chi connectivity index (χ3n) is 2.32. The maximum atomic E-state index is 11.8. The smallest absolute Gasteiger partial charge is 0.327 e. The number of phenolic OH excluding ortho intramolecular Hbond substituents is 1. The van der Waals surface area contributed by atoms with Gasteiger partial charge in [0.15, 0.2) is 0 Å². The first-order valence-corrected chi connectivity index (χ1v) is 5.22. The molecule has 1 amide bonds. The molecule has 0 heterocycles. The summed E-state index contributed by atoms with van der Waals surface area (Å²) in [4.78, 5) is 22.6. The maximum Gasteiger partial charge on any atom is 0.327 e. The van der Waals surface area contributed by atoms with Gasteiger partial charge in [0.1, 0.15) is 11.8 Å². The molecular weight excluding hydrogens is 234 g/mol. The highest BCUT2D eigenvalue weighted by atomic mass is 16.4. The van der Waals surface area contributed by atoms with Crippen LogP contribution in [0.4, 0.5) is 0 Å². The minimum Gasteiger partial charge on any atom is -0.507 e. The van der Waals surface area contributed by atoms with Crippen molar-refractivity contribution in [2.75, 3.05) is 0 Å². The third-order valence-corrected chi connectivity index (χ3v) is 2.32. The van der Waals surface area contributed by atoms with Gasteiger partial charge >= 0.3 is 5.97 Å². The highest BCUT2D eigenvalue weighted by molar-refractivity contribution is 5.99. The van der Waals surface area contributed by atoms with E-state index in [0.29, 0.717) is 0 Å². The van der Waals surface area contributed by atoms with Crippen LogP contribution in [0.25, 0.3) is 0 Å². The second kappa shape index (κ2) is 5.73. The summed E-state index contributed by atoms with van der Waals surface area (Å²) in [6, 6.07) is 3.32. The molecule has 1 unspecified atom stereocenters. The van der Waals surface area contributed by atoms with Gasteiger partial charge in [-0.2, -0.15) is 0 Å². The van der Waals surface area contributed by atoms with E-state index in [4.69, 9.17) is 11.5 Å². The monoisotopic (exact) mass is 247 g/mol. The molecule has 0 bridgehead atoms. The Balaban J connectivity index is 2.91. The molecule has 1 aromatic carbocycles. The minimum atomic E-state index is -1.21. The van der Waals surface area contributed by atoms with Crippen LogP contribution >= 0.6 is 0 Å². The van der Waals surface area contributed by atoms with Gasteiger partial charge in [-0.15, -0.1) is 12.3 Å². The molecule has 1 aromatic rings. The van der Waals surface area contributed by atoms with E-state index in [1.807, 2.05) is 0 Å². The number of rotatable bonds is 4. The number of aryl methyl sites for hydroxylation is 1. The number of carboxylic acids is 1. The lowest BCUT2D eigenvalue weighted by Gasteiger charge is -2.12. The van der Waals surface area contributed by atoms with Gasteiger partial charge in [0.25, 0.3) is 5.91 Å². The van der Waals surface area contributed by atoms with Crippen molar-refractivity contribution >= 4 is 11.9 Å². The average Bonchev–Trinajstić information content (AvgIpc) is 2.31. The fraction of sp³-hybridized carbons (Fsp3) is 0.231.